The van der Waals surface area contributed by atoms with Gasteiger partial charge in [0.05, 0.1) is 22.6 Å². The van der Waals surface area contributed by atoms with Crippen molar-refractivity contribution in [3.05, 3.63) is 68.0 Å². The van der Waals surface area contributed by atoms with Gasteiger partial charge in [-0.15, -0.1) is 21.5 Å². The Kier molecular flexibility index (Phi) is 8.33. The number of aryl methyl sites for hydroxylation is 2. The highest BCUT2D eigenvalue weighted by atomic mass is 79.9. The van der Waals surface area contributed by atoms with Gasteiger partial charge in [-0.05, 0) is 79.8 Å². The van der Waals surface area contributed by atoms with Crippen molar-refractivity contribution in [2.45, 2.75) is 59.0 Å². The highest BCUT2D eigenvalue weighted by molar-refractivity contribution is 9.10. The van der Waals surface area contributed by atoms with Crippen molar-refractivity contribution in [3.63, 3.8) is 0 Å². The highest BCUT2D eigenvalue weighted by Gasteiger charge is 2.32. The molecule has 4 aromatic rings. The van der Waals surface area contributed by atoms with Crippen molar-refractivity contribution in [1.82, 2.24) is 14.8 Å². The first-order valence-corrected chi connectivity index (χ1v) is 16.0. The predicted octanol–water partition coefficient (Wildman–Crippen LogP) is 7.83. The van der Waals surface area contributed by atoms with E-state index in [-0.39, 0.29) is 22.8 Å². The lowest BCUT2D eigenvalue weighted by atomic mass is 9.72. The molecule has 2 N–H and O–H groups in total. The lowest BCUT2D eigenvalue weighted by Crippen LogP contribution is -2.26. The number of aromatic nitrogens is 3. The van der Waals surface area contributed by atoms with Crippen LogP contribution in [0.4, 0.5) is 5.00 Å². The van der Waals surface area contributed by atoms with Crippen LogP contribution in [0.5, 0.6) is 5.75 Å². The molecule has 0 spiro atoms. The SMILES string of the molecule is Cc1ccc(-n2c(SCC(=O)Nc3sc4c(c3C#N)CC[C@H](C(C)(C)C)C4)nnc2-c2cc(Br)ccc2O)c(C)c1. The number of thioether (sulfide) groups is 1. The molecule has 41 heavy (non-hydrogen) atoms. The summed E-state index contributed by atoms with van der Waals surface area (Å²) in [7, 11) is 0. The lowest BCUT2D eigenvalue weighted by Gasteiger charge is -2.33. The van der Waals surface area contributed by atoms with E-state index in [1.54, 1.807) is 18.2 Å². The second kappa shape index (κ2) is 11.6. The first-order chi connectivity index (χ1) is 19.5. The van der Waals surface area contributed by atoms with E-state index in [1.807, 2.05) is 30.5 Å². The van der Waals surface area contributed by atoms with E-state index >= 15 is 0 Å². The fraction of sp³-hybridized carbons (Fsp3) is 0.355. The lowest BCUT2D eigenvalue weighted by molar-refractivity contribution is -0.113. The van der Waals surface area contributed by atoms with E-state index in [4.69, 9.17) is 0 Å². The number of carbonyl (C=O) groups excluding carboxylic acids is 1. The van der Waals surface area contributed by atoms with Crippen LogP contribution in [-0.2, 0) is 17.6 Å². The summed E-state index contributed by atoms with van der Waals surface area (Å²) >= 11 is 6.28. The van der Waals surface area contributed by atoms with Gasteiger partial charge in [-0.25, -0.2) is 0 Å². The molecule has 0 saturated heterocycles. The number of nitrogens with one attached hydrogen (secondary N) is 1. The Bertz CT molecular complexity index is 1680. The van der Waals surface area contributed by atoms with Crippen LogP contribution in [-0.4, -0.2) is 31.5 Å². The molecule has 0 saturated carbocycles. The molecule has 5 rings (SSSR count). The molecule has 0 unspecified atom stereocenters. The maximum Gasteiger partial charge on any atom is 0.235 e. The van der Waals surface area contributed by atoms with Gasteiger partial charge in [0.15, 0.2) is 11.0 Å². The van der Waals surface area contributed by atoms with Gasteiger partial charge in [0, 0.05) is 9.35 Å². The molecule has 1 aliphatic carbocycles. The average molecular weight is 651 g/mol. The van der Waals surface area contributed by atoms with Gasteiger partial charge in [0.25, 0.3) is 0 Å². The first kappa shape index (κ1) is 29.4. The van der Waals surface area contributed by atoms with E-state index in [9.17, 15) is 15.2 Å². The number of anilines is 1. The van der Waals surface area contributed by atoms with Crippen molar-refractivity contribution in [3.8, 4) is 28.9 Å². The standard InChI is InChI=1S/C31H32BrN5O2S2/c1-17-6-10-24(18(2)12-17)37-28(22-14-20(32)8-11-25(22)38)35-36-30(37)40-16-27(39)34-29-23(15-33)21-9-7-19(31(3,4)5)13-26(21)41-29/h6,8,10-12,14,19,38H,7,9,13,16H2,1-5H3,(H,34,39)/t19-/m0/s1. The summed E-state index contributed by atoms with van der Waals surface area (Å²) in [5, 5.41) is 33.6. The Hall–Kier alpha value is -3.13. The van der Waals surface area contributed by atoms with Gasteiger partial charge in [0.2, 0.25) is 5.91 Å². The second-order valence-corrected chi connectivity index (χ2v) is 14.5. The summed E-state index contributed by atoms with van der Waals surface area (Å²) < 4.78 is 2.68. The zero-order valence-corrected chi connectivity index (χ0v) is 26.9. The molecule has 0 fully saturated rings. The van der Waals surface area contributed by atoms with Crippen LogP contribution in [0.25, 0.3) is 17.1 Å². The number of nitriles is 1. The number of thiophene rings is 1. The third kappa shape index (κ3) is 6.08. The van der Waals surface area contributed by atoms with E-state index in [0.29, 0.717) is 33.0 Å². The largest absolute Gasteiger partial charge is 0.507 e. The quantitative estimate of drug-likeness (QED) is 0.206. The maximum atomic E-state index is 13.2. The van der Waals surface area contributed by atoms with Crippen molar-refractivity contribution >= 4 is 49.9 Å². The molecule has 1 aliphatic rings. The zero-order valence-electron chi connectivity index (χ0n) is 23.7. The number of benzene rings is 2. The summed E-state index contributed by atoms with van der Waals surface area (Å²) in [6.45, 7) is 10.8. The number of aromatic hydroxyl groups is 1. The number of hydrogen-bond donors (Lipinski definition) is 2. The Morgan fingerprint density at radius 3 is 2.73 bits per heavy atom. The Morgan fingerprint density at radius 2 is 2.02 bits per heavy atom. The Morgan fingerprint density at radius 1 is 1.24 bits per heavy atom. The molecular weight excluding hydrogens is 618 g/mol. The van der Waals surface area contributed by atoms with Crippen LogP contribution >= 0.6 is 39.0 Å². The fourth-order valence-corrected chi connectivity index (χ4v) is 7.72. The molecule has 0 aliphatic heterocycles. The zero-order chi connectivity index (χ0) is 29.5. The topological polar surface area (TPSA) is 104 Å². The van der Waals surface area contributed by atoms with Gasteiger partial charge >= 0.3 is 0 Å². The normalized spacial score (nSPS) is 14.9. The summed E-state index contributed by atoms with van der Waals surface area (Å²) in [5.74, 6) is 0.991. The van der Waals surface area contributed by atoms with Crippen LogP contribution in [0.15, 0.2) is 46.0 Å². The van der Waals surface area contributed by atoms with Gasteiger partial charge in [0.1, 0.15) is 16.8 Å². The molecule has 2 aromatic heterocycles. The molecule has 2 heterocycles. The fourth-order valence-electron chi connectivity index (χ4n) is 5.32. The van der Waals surface area contributed by atoms with Gasteiger partial charge in [-0.3, -0.25) is 9.36 Å². The van der Waals surface area contributed by atoms with Gasteiger partial charge in [-0.2, -0.15) is 5.26 Å². The van der Waals surface area contributed by atoms with E-state index in [2.05, 4.69) is 64.4 Å². The number of phenolic OH excluding ortho intramolecular Hbond substituents is 1. The smallest absolute Gasteiger partial charge is 0.235 e. The molecule has 1 atom stereocenters. The van der Waals surface area contributed by atoms with E-state index in [1.165, 1.54) is 28.0 Å². The van der Waals surface area contributed by atoms with E-state index < -0.39 is 0 Å². The average Bonchev–Trinajstić information content (AvgIpc) is 3.48. The van der Waals surface area contributed by atoms with Crippen LogP contribution in [0.2, 0.25) is 0 Å². The number of rotatable bonds is 6. The Balaban J connectivity index is 1.41. The van der Waals surface area contributed by atoms with Crippen LogP contribution in [0.3, 0.4) is 0 Å². The second-order valence-electron chi connectivity index (χ2n) is 11.6. The predicted molar refractivity (Wildman–Crippen MR) is 169 cm³/mol. The molecule has 0 bridgehead atoms. The molecule has 10 heteroatoms. The molecule has 2 aromatic carbocycles. The summed E-state index contributed by atoms with van der Waals surface area (Å²) in [6, 6.07) is 13.6. The van der Waals surface area contributed by atoms with Gasteiger partial charge in [-0.1, -0.05) is 66.2 Å². The highest BCUT2D eigenvalue weighted by Crippen LogP contribution is 2.44. The summed E-state index contributed by atoms with van der Waals surface area (Å²) in [6.07, 6.45) is 2.85. The summed E-state index contributed by atoms with van der Waals surface area (Å²) in [4.78, 5) is 14.4. The minimum Gasteiger partial charge on any atom is -0.507 e. The monoisotopic (exact) mass is 649 g/mol. The molecular formula is C31H32BrN5O2S2. The molecule has 0 radical (unpaired) electrons. The Labute approximate surface area is 257 Å². The number of hydrogen-bond acceptors (Lipinski definition) is 7. The van der Waals surface area contributed by atoms with Crippen LogP contribution in [0.1, 0.15) is 54.3 Å². The molecule has 1 amide bonds. The van der Waals surface area contributed by atoms with Crippen LogP contribution in [0, 0.1) is 36.5 Å². The minimum absolute atomic E-state index is 0.0836. The number of phenols is 1. The number of amides is 1. The number of halogens is 1. The number of carbonyl (C=O) groups is 1. The van der Waals surface area contributed by atoms with Crippen molar-refractivity contribution in [1.29, 1.82) is 5.26 Å². The van der Waals surface area contributed by atoms with Crippen molar-refractivity contribution in [2.24, 2.45) is 11.3 Å². The van der Waals surface area contributed by atoms with Crippen LogP contribution < -0.4 is 5.32 Å². The maximum absolute atomic E-state index is 13.2. The third-order valence-electron chi connectivity index (χ3n) is 7.61. The first-order valence-electron chi connectivity index (χ1n) is 13.5. The van der Waals surface area contributed by atoms with Crippen molar-refractivity contribution < 1.29 is 9.90 Å². The molecule has 7 nitrogen and oxygen atoms in total. The van der Waals surface area contributed by atoms with Gasteiger partial charge < -0.3 is 10.4 Å². The number of nitrogens with zero attached hydrogens (tertiary/aromatic N) is 4. The minimum atomic E-state index is -0.209. The summed E-state index contributed by atoms with van der Waals surface area (Å²) in [5.41, 5.74) is 5.43. The van der Waals surface area contributed by atoms with E-state index in [0.717, 1.165) is 46.1 Å². The third-order valence-corrected chi connectivity index (χ3v) is 10.2. The molecule has 212 valence electrons. The van der Waals surface area contributed by atoms with Crippen molar-refractivity contribution in [2.75, 3.05) is 11.1 Å². The number of fused-ring (bicyclic) bond motifs is 1.